The number of methoxy groups -OCH3 is 2. The first kappa shape index (κ1) is 16.1. The summed E-state index contributed by atoms with van der Waals surface area (Å²) in [6.07, 6.45) is 0.727. The van der Waals surface area contributed by atoms with E-state index in [1.807, 2.05) is 30.3 Å². The molecule has 1 atom stereocenters. The van der Waals surface area contributed by atoms with Gasteiger partial charge in [-0.1, -0.05) is 6.07 Å². The Morgan fingerprint density at radius 2 is 1.74 bits per heavy atom. The fourth-order valence-corrected chi connectivity index (χ4v) is 4.07. The Bertz CT molecular complexity index is 990. The molecule has 2 heterocycles. The van der Waals surface area contributed by atoms with Crippen molar-refractivity contribution in [1.82, 2.24) is 0 Å². The van der Waals surface area contributed by atoms with E-state index in [-0.39, 0.29) is 18.7 Å². The second kappa shape index (κ2) is 5.94. The van der Waals surface area contributed by atoms with Gasteiger partial charge >= 0.3 is 5.97 Å². The number of rotatable bonds is 3. The summed E-state index contributed by atoms with van der Waals surface area (Å²) in [5, 5.41) is 0. The van der Waals surface area contributed by atoms with Gasteiger partial charge in [0.2, 0.25) is 6.79 Å². The van der Waals surface area contributed by atoms with Crippen LogP contribution in [0.4, 0.5) is 0 Å². The van der Waals surface area contributed by atoms with Gasteiger partial charge in [-0.05, 0) is 47.4 Å². The van der Waals surface area contributed by atoms with Crippen molar-refractivity contribution in [2.24, 2.45) is 5.92 Å². The van der Waals surface area contributed by atoms with Crippen LogP contribution in [0.25, 0.3) is 5.57 Å². The van der Waals surface area contributed by atoms with Crippen LogP contribution in [-0.4, -0.2) is 33.6 Å². The van der Waals surface area contributed by atoms with E-state index in [2.05, 4.69) is 0 Å². The minimum atomic E-state index is -0.256. The quantitative estimate of drug-likeness (QED) is 0.779. The molecule has 138 valence electrons. The molecule has 0 N–H and O–H groups in total. The third-order valence-electron chi connectivity index (χ3n) is 5.32. The molecule has 1 aliphatic carbocycles. The molecule has 2 aliphatic heterocycles. The van der Waals surface area contributed by atoms with E-state index < -0.39 is 0 Å². The number of hydrogen-bond acceptors (Lipinski definition) is 6. The Morgan fingerprint density at radius 1 is 0.963 bits per heavy atom. The van der Waals surface area contributed by atoms with Crippen LogP contribution in [0.2, 0.25) is 0 Å². The van der Waals surface area contributed by atoms with Crippen molar-refractivity contribution in [2.45, 2.75) is 6.42 Å². The maximum atomic E-state index is 12.5. The molecule has 2 aromatic carbocycles. The smallest absolute Gasteiger partial charge is 0.335 e. The zero-order valence-electron chi connectivity index (χ0n) is 15.0. The van der Waals surface area contributed by atoms with Gasteiger partial charge in [-0.2, -0.15) is 0 Å². The van der Waals surface area contributed by atoms with Gasteiger partial charge in [-0.3, -0.25) is 0 Å². The zero-order valence-corrected chi connectivity index (χ0v) is 15.0. The number of hydrogen-bond donors (Lipinski definition) is 0. The normalized spacial score (nSPS) is 19.5. The van der Waals surface area contributed by atoms with Crippen LogP contribution in [0.15, 0.2) is 35.9 Å². The van der Waals surface area contributed by atoms with Crippen molar-refractivity contribution in [3.05, 3.63) is 52.6 Å². The van der Waals surface area contributed by atoms with Crippen LogP contribution in [0, 0.1) is 5.92 Å². The maximum absolute atomic E-state index is 12.5. The van der Waals surface area contributed by atoms with Gasteiger partial charge in [0.1, 0.15) is 0 Å². The van der Waals surface area contributed by atoms with Gasteiger partial charge in [0.25, 0.3) is 0 Å². The van der Waals surface area contributed by atoms with E-state index in [1.165, 1.54) is 0 Å². The molecular weight excluding hydrogens is 348 g/mol. The Morgan fingerprint density at radius 3 is 2.56 bits per heavy atom. The number of carbonyl (C=O) groups is 1. The Balaban J connectivity index is 1.76. The van der Waals surface area contributed by atoms with E-state index >= 15 is 0 Å². The fraction of sp³-hybridized carbons (Fsp3) is 0.286. The molecule has 0 unspecified atom stereocenters. The van der Waals surface area contributed by atoms with E-state index in [9.17, 15) is 4.79 Å². The highest BCUT2D eigenvalue weighted by molar-refractivity contribution is 6.05. The molecule has 0 amide bonds. The lowest BCUT2D eigenvalue weighted by Gasteiger charge is -2.25. The summed E-state index contributed by atoms with van der Waals surface area (Å²) in [6, 6.07) is 9.66. The van der Waals surface area contributed by atoms with E-state index in [0.29, 0.717) is 35.2 Å². The van der Waals surface area contributed by atoms with Crippen LogP contribution in [0.3, 0.4) is 0 Å². The van der Waals surface area contributed by atoms with Gasteiger partial charge in [0.15, 0.2) is 23.0 Å². The van der Waals surface area contributed by atoms with E-state index in [4.69, 9.17) is 23.7 Å². The van der Waals surface area contributed by atoms with Gasteiger partial charge in [-0.25, -0.2) is 4.79 Å². The average Bonchev–Trinajstić information content (AvgIpc) is 3.31. The first-order chi connectivity index (χ1) is 13.2. The molecule has 3 aliphatic rings. The summed E-state index contributed by atoms with van der Waals surface area (Å²) in [5.41, 5.74) is 4.53. The number of carbonyl (C=O) groups excluding carboxylic acids is 1. The minimum Gasteiger partial charge on any atom is -0.493 e. The molecular formula is C21H18O6. The summed E-state index contributed by atoms with van der Waals surface area (Å²) in [6.45, 7) is 0.604. The van der Waals surface area contributed by atoms with Crippen molar-refractivity contribution in [3.63, 3.8) is 0 Å². The summed E-state index contributed by atoms with van der Waals surface area (Å²) in [5.74, 6) is 2.46. The van der Waals surface area contributed by atoms with Gasteiger partial charge < -0.3 is 23.7 Å². The molecule has 1 saturated heterocycles. The highest BCUT2D eigenvalue weighted by Gasteiger charge is 2.39. The number of fused-ring (bicyclic) bond motifs is 3. The highest BCUT2D eigenvalue weighted by atomic mass is 16.7. The van der Waals surface area contributed by atoms with Crippen LogP contribution in [-0.2, 0) is 16.0 Å². The molecule has 6 nitrogen and oxygen atoms in total. The third kappa shape index (κ3) is 2.36. The molecule has 0 bridgehead atoms. The molecule has 0 aromatic heterocycles. The minimum absolute atomic E-state index is 0.0310. The largest absolute Gasteiger partial charge is 0.493 e. The second-order valence-electron chi connectivity index (χ2n) is 6.72. The molecule has 2 aromatic rings. The topological polar surface area (TPSA) is 63.2 Å². The Kier molecular flexibility index (Phi) is 3.53. The molecule has 0 radical (unpaired) electrons. The lowest BCUT2D eigenvalue weighted by Crippen LogP contribution is -2.17. The highest BCUT2D eigenvalue weighted by Crippen LogP contribution is 2.47. The Labute approximate surface area is 156 Å². The zero-order chi connectivity index (χ0) is 18.5. The van der Waals surface area contributed by atoms with Crippen molar-refractivity contribution < 1.29 is 28.5 Å². The van der Waals surface area contributed by atoms with Crippen LogP contribution < -0.4 is 18.9 Å². The summed E-state index contributed by atoms with van der Waals surface area (Å²) < 4.78 is 27.3. The van der Waals surface area contributed by atoms with Crippen molar-refractivity contribution in [2.75, 3.05) is 27.6 Å². The van der Waals surface area contributed by atoms with Gasteiger partial charge in [0, 0.05) is 11.5 Å². The SMILES string of the molecule is COc1cc2c(cc1OC)C(c1ccc3c(c1)OCO3)=C1C(=O)OC[C@H]1C2. The molecule has 27 heavy (non-hydrogen) atoms. The second-order valence-corrected chi connectivity index (χ2v) is 6.72. The van der Waals surface area contributed by atoms with E-state index in [1.54, 1.807) is 14.2 Å². The van der Waals surface area contributed by atoms with Crippen LogP contribution in [0.1, 0.15) is 16.7 Å². The number of cyclic esters (lactones) is 1. The number of ether oxygens (including phenoxy) is 5. The van der Waals surface area contributed by atoms with Crippen molar-refractivity contribution >= 4 is 11.5 Å². The number of benzene rings is 2. The first-order valence-electron chi connectivity index (χ1n) is 8.76. The van der Waals surface area contributed by atoms with Gasteiger partial charge in [0.05, 0.1) is 26.4 Å². The maximum Gasteiger partial charge on any atom is 0.335 e. The Hall–Kier alpha value is -3.15. The molecule has 0 spiro atoms. The average molecular weight is 366 g/mol. The lowest BCUT2D eigenvalue weighted by atomic mass is 9.77. The number of esters is 1. The van der Waals surface area contributed by atoms with Crippen LogP contribution in [0.5, 0.6) is 23.0 Å². The van der Waals surface area contributed by atoms with Gasteiger partial charge in [-0.15, -0.1) is 0 Å². The lowest BCUT2D eigenvalue weighted by molar-refractivity contribution is -0.135. The standard InChI is InChI=1S/C21H18O6/c1-23-16-7-12-5-13-9-25-21(22)20(13)19(14(12)8-17(16)24-2)11-3-4-15-18(6-11)27-10-26-15/h3-4,6-8,13H,5,9-10H2,1-2H3/t13-/m1/s1. The molecule has 5 rings (SSSR count). The molecule has 0 saturated carbocycles. The summed E-state index contributed by atoms with van der Waals surface area (Å²) >= 11 is 0. The predicted molar refractivity (Wildman–Crippen MR) is 96.3 cm³/mol. The molecule has 1 fully saturated rings. The monoisotopic (exact) mass is 366 g/mol. The summed E-state index contributed by atoms with van der Waals surface area (Å²) in [4.78, 5) is 12.5. The molecule has 6 heteroatoms. The van der Waals surface area contributed by atoms with Crippen molar-refractivity contribution in [1.29, 1.82) is 0 Å². The first-order valence-corrected chi connectivity index (χ1v) is 8.76. The van der Waals surface area contributed by atoms with E-state index in [0.717, 1.165) is 28.7 Å². The predicted octanol–water partition coefficient (Wildman–Crippen LogP) is 2.96. The van der Waals surface area contributed by atoms with Crippen LogP contribution >= 0.6 is 0 Å². The fourth-order valence-electron chi connectivity index (χ4n) is 4.07. The van der Waals surface area contributed by atoms with Crippen molar-refractivity contribution in [3.8, 4) is 23.0 Å². The third-order valence-corrected chi connectivity index (χ3v) is 5.32. The summed E-state index contributed by atoms with van der Waals surface area (Å²) in [7, 11) is 3.22.